The topological polar surface area (TPSA) is 68.0 Å². The molecule has 3 rings (SSSR count). The maximum atomic E-state index is 12.1. The van der Waals surface area contributed by atoms with Crippen molar-refractivity contribution in [1.29, 1.82) is 0 Å². The Morgan fingerprint density at radius 2 is 2.19 bits per heavy atom. The SMILES string of the molecule is Cc1nc(-c2noc3ccc(C(=O)NC(C)C)cc23)cs1. The summed E-state index contributed by atoms with van der Waals surface area (Å²) >= 11 is 1.56. The lowest BCUT2D eigenvalue weighted by atomic mass is 10.1. The Bertz CT molecular complexity index is 804. The van der Waals surface area contributed by atoms with Crippen molar-refractivity contribution in [3.63, 3.8) is 0 Å². The van der Waals surface area contributed by atoms with Gasteiger partial charge in [0.1, 0.15) is 11.4 Å². The van der Waals surface area contributed by atoms with Crippen molar-refractivity contribution in [3.05, 3.63) is 34.2 Å². The number of hydrogen-bond acceptors (Lipinski definition) is 5. The van der Waals surface area contributed by atoms with E-state index in [4.69, 9.17) is 4.52 Å². The molecule has 0 radical (unpaired) electrons. The third-order valence-corrected chi connectivity index (χ3v) is 3.79. The van der Waals surface area contributed by atoms with E-state index >= 15 is 0 Å². The number of hydrogen-bond donors (Lipinski definition) is 1. The molecule has 1 N–H and O–H groups in total. The Kier molecular flexibility index (Phi) is 3.47. The molecule has 0 saturated heterocycles. The van der Waals surface area contributed by atoms with Gasteiger partial charge in [-0.25, -0.2) is 4.98 Å². The number of carbonyl (C=O) groups excluding carboxylic acids is 1. The van der Waals surface area contributed by atoms with Crippen LogP contribution in [-0.2, 0) is 0 Å². The molecule has 5 nitrogen and oxygen atoms in total. The molecule has 108 valence electrons. The van der Waals surface area contributed by atoms with Crippen molar-refractivity contribution in [2.45, 2.75) is 26.8 Å². The zero-order valence-electron chi connectivity index (χ0n) is 12.0. The normalized spacial score (nSPS) is 11.2. The predicted octanol–water partition coefficient (Wildman–Crippen LogP) is 3.40. The largest absolute Gasteiger partial charge is 0.356 e. The molecular formula is C15H15N3O2S. The zero-order chi connectivity index (χ0) is 15.0. The second kappa shape index (κ2) is 5.29. The minimum absolute atomic E-state index is 0.0938. The molecule has 0 spiro atoms. The summed E-state index contributed by atoms with van der Waals surface area (Å²) < 4.78 is 5.31. The summed E-state index contributed by atoms with van der Waals surface area (Å²) in [6.45, 7) is 5.80. The number of fused-ring (bicyclic) bond motifs is 1. The van der Waals surface area contributed by atoms with Crippen LogP contribution in [0, 0.1) is 6.92 Å². The average molecular weight is 301 g/mol. The van der Waals surface area contributed by atoms with E-state index in [1.165, 1.54) is 0 Å². The Labute approximate surface area is 126 Å². The summed E-state index contributed by atoms with van der Waals surface area (Å²) in [7, 11) is 0. The number of nitrogens with one attached hydrogen (secondary N) is 1. The summed E-state index contributed by atoms with van der Waals surface area (Å²) in [5, 5.41) is 10.7. The van der Waals surface area contributed by atoms with Gasteiger partial charge < -0.3 is 9.84 Å². The second-order valence-corrected chi connectivity index (χ2v) is 6.18. The van der Waals surface area contributed by atoms with E-state index < -0.39 is 0 Å². The summed E-state index contributed by atoms with van der Waals surface area (Å²) in [6, 6.07) is 5.39. The Morgan fingerprint density at radius 3 is 2.86 bits per heavy atom. The molecule has 1 amide bonds. The van der Waals surface area contributed by atoms with Crippen LogP contribution in [0.1, 0.15) is 29.2 Å². The van der Waals surface area contributed by atoms with Crippen molar-refractivity contribution < 1.29 is 9.32 Å². The number of benzene rings is 1. The average Bonchev–Trinajstić information content (AvgIpc) is 3.02. The summed E-state index contributed by atoms with van der Waals surface area (Å²) in [5.41, 5.74) is 2.69. The number of thiazole rings is 1. The highest BCUT2D eigenvalue weighted by molar-refractivity contribution is 7.09. The number of aromatic nitrogens is 2. The first-order valence-corrected chi connectivity index (χ1v) is 7.55. The highest BCUT2D eigenvalue weighted by atomic mass is 32.1. The van der Waals surface area contributed by atoms with Gasteiger partial charge in [-0.15, -0.1) is 11.3 Å². The van der Waals surface area contributed by atoms with Gasteiger partial charge in [-0.1, -0.05) is 5.16 Å². The number of aryl methyl sites for hydroxylation is 1. The lowest BCUT2D eigenvalue weighted by Crippen LogP contribution is -2.29. The molecule has 0 bridgehead atoms. The quantitative estimate of drug-likeness (QED) is 0.805. The van der Waals surface area contributed by atoms with Crippen LogP contribution < -0.4 is 5.32 Å². The van der Waals surface area contributed by atoms with Gasteiger partial charge in [-0.2, -0.15) is 0 Å². The van der Waals surface area contributed by atoms with Crippen molar-refractivity contribution in [2.75, 3.05) is 0 Å². The van der Waals surface area contributed by atoms with Gasteiger partial charge in [0.2, 0.25) is 0 Å². The van der Waals surface area contributed by atoms with Crippen molar-refractivity contribution in [3.8, 4) is 11.4 Å². The molecular weight excluding hydrogens is 286 g/mol. The van der Waals surface area contributed by atoms with E-state index in [-0.39, 0.29) is 11.9 Å². The molecule has 0 aliphatic carbocycles. The van der Waals surface area contributed by atoms with E-state index in [1.807, 2.05) is 26.2 Å². The molecule has 0 fully saturated rings. The van der Waals surface area contributed by atoms with E-state index in [2.05, 4.69) is 15.5 Å². The number of carbonyl (C=O) groups is 1. The van der Waals surface area contributed by atoms with E-state index in [1.54, 1.807) is 29.5 Å². The molecule has 0 aliphatic rings. The summed E-state index contributed by atoms with van der Waals surface area (Å²) in [6.07, 6.45) is 0. The third kappa shape index (κ3) is 2.67. The number of rotatable bonds is 3. The molecule has 0 unspecified atom stereocenters. The van der Waals surface area contributed by atoms with Crippen molar-refractivity contribution in [2.24, 2.45) is 0 Å². The first-order valence-electron chi connectivity index (χ1n) is 6.67. The number of amides is 1. The molecule has 21 heavy (non-hydrogen) atoms. The van der Waals surface area contributed by atoms with Crippen LogP contribution in [0.3, 0.4) is 0 Å². The molecule has 0 saturated carbocycles. The smallest absolute Gasteiger partial charge is 0.251 e. The van der Waals surface area contributed by atoms with Crippen LogP contribution in [0.2, 0.25) is 0 Å². The van der Waals surface area contributed by atoms with E-state index in [9.17, 15) is 4.79 Å². The van der Waals surface area contributed by atoms with Crippen LogP contribution >= 0.6 is 11.3 Å². The van der Waals surface area contributed by atoms with Crippen LogP contribution in [0.4, 0.5) is 0 Å². The molecule has 1 aromatic carbocycles. The monoisotopic (exact) mass is 301 g/mol. The molecule has 2 heterocycles. The second-order valence-electron chi connectivity index (χ2n) is 5.12. The third-order valence-electron chi connectivity index (χ3n) is 3.01. The maximum Gasteiger partial charge on any atom is 0.251 e. The van der Waals surface area contributed by atoms with Gasteiger partial charge in [-0.05, 0) is 39.0 Å². The zero-order valence-corrected chi connectivity index (χ0v) is 12.8. The minimum Gasteiger partial charge on any atom is -0.356 e. The Morgan fingerprint density at radius 1 is 1.38 bits per heavy atom. The van der Waals surface area contributed by atoms with Gasteiger partial charge in [0, 0.05) is 17.0 Å². The summed E-state index contributed by atoms with van der Waals surface area (Å²) in [5.74, 6) is -0.103. The van der Waals surface area contributed by atoms with Gasteiger partial charge in [-0.3, -0.25) is 4.79 Å². The summed E-state index contributed by atoms with van der Waals surface area (Å²) in [4.78, 5) is 16.5. The lowest BCUT2D eigenvalue weighted by Gasteiger charge is -2.07. The lowest BCUT2D eigenvalue weighted by molar-refractivity contribution is 0.0943. The van der Waals surface area contributed by atoms with E-state index in [0.29, 0.717) is 16.8 Å². The molecule has 2 aromatic heterocycles. The minimum atomic E-state index is -0.103. The van der Waals surface area contributed by atoms with Crippen LogP contribution in [-0.4, -0.2) is 22.1 Å². The van der Waals surface area contributed by atoms with Crippen LogP contribution in [0.5, 0.6) is 0 Å². The standard InChI is InChI=1S/C15H15N3O2S/c1-8(2)16-15(19)10-4-5-13-11(6-10)14(18-20-13)12-7-21-9(3)17-12/h4-8H,1-3H3,(H,16,19). The highest BCUT2D eigenvalue weighted by Crippen LogP contribution is 2.29. The first-order chi connectivity index (χ1) is 10.0. The Balaban J connectivity index is 2.06. The van der Waals surface area contributed by atoms with Crippen molar-refractivity contribution in [1.82, 2.24) is 15.5 Å². The highest BCUT2D eigenvalue weighted by Gasteiger charge is 2.15. The van der Waals surface area contributed by atoms with Crippen LogP contribution in [0.15, 0.2) is 28.1 Å². The first kappa shape index (κ1) is 13.8. The van der Waals surface area contributed by atoms with E-state index in [0.717, 1.165) is 16.1 Å². The maximum absolute atomic E-state index is 12.1. The molecule has 0 aliphatic heterocycles. The fourth-order valence-electron chi connectivity index (χ4n) is 2.08. The van der Waals surface area contributed by atoms with Crippen molar-refractivity contribution >= 4 is 28.2 Å². The molecule has 3 aromatic rings. The molecule has 6 heteroatoms. The number of nitrogens with zero attached hydrogens (tertiary/aromatic N) is 2. The van der Waals surface area contributed by atoms with Gasteiger partial charge in [0.25, 0.3) is 5.91 Å². The fraction of sp³-hybridized carbons (Fsp3) is 0.267. The fourth-order valence-corrected chi connectivity index (χ4v) is 2.68. The van der Waals surface area contributed by atoms with Gasteiger partial charge >= 0.3 is 0 Å². The predicted molar refractivity (Wildman–Crippen MR) is 82.5 cm³/mol. The van der Waals surface area contributed by atoms with Crippen LogP contribution in [0.25, 0.3) is 22.4 Å². The molecule has 0 atom stereocenters. The van der Waals surface area contributed by atoms with Gasteiger partial charge in [0.05, 0.1) is 10.4 Å². The Hall–Kier alpha value is -2.21. The van der Waals surface area contributed by atoms with Gasteiger partial charge in [0.15, 0.2) is 5.58 Å².